The molecule has 21 heavy (non-hydrogen) atoms. The lowest BCUT2D eigenvalue weighted by Crippen LogP contribution is -2.16. The molecule has 1 amide bonds. The van der Waals surface area contributed by atoms with Crippen LogP contribution in [0.15, 0.2) is 40.9 Å². The molecule has 0 saturated carbocycles. The van der Waals surface area contributed by atoms with Crippen LogP contribution in [0.5, 0.6) is 5.75 Å². The quantitative estimate of drug-likeness (QED) is 0.740. The van der Waals surface area contributed by atoms with Crippen molar-refractivity contribution in [2.75, 3.05) is 18.2 Å². The fourth-order valence-corrected chi connectivity index (χ4v) is 2.48. The van der Waals surface area contributed by atoms with Gasteiger partial charge in [-0.05, 0) is 24.3 Å². The number of nitrogens with two attached hydrogens (primary N) is 2. The second-order valence-corrected chi connectivity index (χ2v) is 5.23. The lowest BCUT2D eigenvalue weighted by Gasteiger charge is -2.13. The van der Waals surface area contributed by atoms with Crippen LogP contribution in [-0.4, -0.2) is 13.0 Å². The number of benzene rings is 2. The third kappa shape index (κ3) is 3.34. The highest BCUT2D eigenvalue weighted by molar-refractivity contribution is 9.10. The first-order valence-electron chi connectivity index (χ1n) is 6.29. The summed E-state index contributed by atoms with van der Waals surface area (Å²) in [5.41, 5.74) is 13.8. The molecule has 0 aromatic heterocycles. The minimum atomic E-state index is -0.289. The number of ether oxygens (including phenoxy) is 1. The molecule has 0 spiro atoms. The second kappa shape index (κ2) is 6.60. The number of nitrogen functional groups attached to an aromatic ring is 1. The Hall–Kier alpha value is -2.05. The van der Waals surface area contributed by atoms with Crippen LogP contribution in [0.4, 0.5) is 11.4 Å². The number of anilines is 2. The van der Waals surface area contributed by atoms with Gasteiger partial charge in [-0.3, -0.25) is 4.79 Å². The monoisotopic (exact) mass is 349 g/mol. The molecule has 0 heterocycles. The van der Waals surface area contributed by atoms with Gasteiger partial charge in [-0.15, -0.1) is 0 Å². The molecule has 6 heteroatoms. The van der Waals surface area contributed by atoms with Crippen molar-refractivity contribution >= 4 is 33.2 Å². The summed E-state index contributed by atoms with van der Waals surface area (Å²) in [5, 5.41) is 2.83. The van der Waals surface area contributed by atoms with Crippen LogP contribution in [0, 0.1) is 0 Å². The van der Waals surface area contributed by atoms with Crippen LogP contribution in [0.2, 0.25) is 0 Å². The largest absolute Gasteiger partial charge is 0.497 e. The van der Waals surface area contributed by atoms with Gasteiger partial charge in [0, 0.05) is 34.0 Å². The molecule has 0 aliphatic heterocycles. The highest BCUT2D eigenvalue weighted by Gasteiger charge is 2.13. The molecule has 0 bridgehead atoms. The molecule has 0 radical (unpaired) electrons. The number of carbonyl (C=O) groups is 1. The van der Waals surface area contributed by atoms with Gasteiger partial charge in [-0.25, -0.2) is 0 Å². The first-order valence-corrected chi connectivity index (χ1v) is 7.08. The van der Waals surface area contributed by atoms with Crippen molar-refractivity contribution in [3.8, 4) is 5.75 Å². The summed E-state index contributed by atoms with van der Waals surface area (Å²) >= 11 is 3.41. The lowest BCUT2D eigenvalue weighted by molar-refractivity contribution is 0.102. The SMILES string of the molecule is COc1ccc(C(=O)Nc2cccc(Br)c2CN)c(N)c1. The van der Waals surface area contributed by atoms with Gasteiger partial charge in [-0.2, -0.15) is 0 Å². The van der Waals surface area contributed by atoms with E-state index < -0.39 is 0 Å². The van der Waals surface area contributed by atoms with E-state index in [0.29, 0.717) is 29.2 Å². The molecule has 0 fully saturated rings. The van der Waals surface area contributed by atoms with Crippen LogP contribution in [-0.2, 0) is 6.54 Å². The van der Waals surface area contributed by atoms with Crippen LogP contribution >= 0.6 is 15.9 Å². The van der Waals surface area contributed by atoms with Gasteiger partial charge in [0.15, 0.2) is 0 Å². The van der Waals surface area contributed by atoms with E-state index in [-0.39, 0.29) is 5.91 Å². The number of halogens is 1. The van der Waals surface area contributed by atoms with Gasteiger partial charge < -0.3 is 21.5 Å². The van der Waals surface area contributed by atoms with Crippen molar-refractivity contribution in [2.45, 2.75) is 6.54 Å². The minimum Gasteiger partial charge on any atom is -0.497 e. The number of rotatable bonds is 4. The summed E-state index contributed by atoms with van der Waals surface area (Å²) in [4.78, 5) is 12.3. The van der Waals surface area contributed by atoms with Gasteiger partial charge >= 0.3 is 0 Å². The summed E-state index contributed by atoms with van der Waals surface area (Å²) in [7, 11) is 1.55. The van der Waals surface area contributed by atoms with E-state index in [2.05, 4.69) is 21.2 Å². The van der Waals surface area contributed by atoms with Crippen molar-refractivity contribution in [2.24, 2.45) is 5.73 Å². The third-order valence-corrected chi connectivity index (χ3v) is 3.82. The Balaban J connectivity index is 2.28. The maximum absolute atomic E-state index is 12.3. The van der Waals surface area contributed by atoms with Crippen LogP contribution in [0.1, 0.15) is 15.9 Å². The molecule has 5 N–H and O–H groups in total. The molecule has 0 atom stereocenters. The number of carbonyl (C=O) groups excluding carboxylic acids is 1. The molecule has 0 aliphatic rings. The molecule has 0 unspecified atom stereocenters. The Morgan fingerprint density at radius 2 is 2.10 bits per heavy atom. The third-order valence-electron chi connectivity index (χ3n) is 3.07. The van der Waals surface area contributed by atoms with Crippen LogP contribution in [0.25, 0.3) is 0 Å². The van der Waals surface area contributed by atoms with Gasteiger partial charge in [0.05, 0.1) is 12.7 Å². The molecule has 5 nitrogen and oxygen atoms in total. The zero-order valence-corrected chi connectivity index (χ0v) is 13.1. The van der Waals surface area contributed by atoms with Crippen molar-refractivity contribution in [1.29, 1.82) is 0 Å². The van der Waals surface area contributed by atoms with Crippen molar-refractivity contribution in [3.63, 3.8) is 0 Å². The smallest absolute Gasteiger partial charge is 0.257 e. The highest BCUT2D eigenvalue weighted by atomic mass is 79.9. The molecule has 0 aliphatic carbocycles. The Labute approximate surface area is 131 Å². The number of amides is 1. The lowest BCUT2D eigenvalue weighted by atomic mass is 10.1. The van der Waals surface area contributed by atoms with Crippen molar-refractivity contribution in [3.05, 3.63) is 52.0 Å². The predicted octanol–water partition coefficient (Wildman–Crippen LogP) is 2.75. The fraction of sp³-hybridized carbons (Fsp3) is 0.133. The molecule has 2 rings (SSSR count). The summed E-state index contributed by atoms with van der Waals surface area (Å²) in [6, 6.07) is 10.4. The molecule has 2 aromatic rings. The van der Waals surface area contributed by atoms with E-state index in [1.807, 2.05) is 12.1 Å². The van der Waals surface area contributed by atoms with E-state index in [4.69, 9.17) is 16.2 Å². The second-order valence-electron chi connectivity index (χ2n) is 4.38. The summed E-state index contributed by atoms with van der Waals surface area (Å²) in [6.07, 6.45) is 0. The Bertz CT molecular complexity index is 674. The summed E-state index contributed by atoms with van der Waals surface area (Å²) in [6.45, 7) is 0.315. The van der Waals surface area contributed by atoms with E-state index in [0.717, 1.165) is 10.0 Å². The first-order chi connectivity index (χ1) is 10.1. The van der Waals surface area contributed by atoms with Gasteiger partial charge in [0.2, 0.25) is 0 Å². The van der Waals surface area contributed by atoms with Crippen LogP contribution in [0.3, 0.4) is 0 Å². The standard InChI is InChI=1S/C15H16BrN3O2/c1-21-9-5-6-10(13(18)7-9)15(20)19-14-4-2-3-12(16)11(14)8-17/h2-7H,8,17-18H2,1H3,(H,19,20). The van der Waals surface area contributed by atoms with E-state index in [1.165, 1.54) is 0 Å². The van der Waals surface area contributed by atoms with E-state index in [1.54, 1.807) is 31.4 Å². The van der Waals surface area contributed by atoms with Crippen LogP contribution < -0.4 is 21.5 Å². The Morgan fingerprint density at radius 3 is 2.71 bits per heavy atom. The number of hydrogen-bond donors (Lipinski definition) is 3. The summed E-state index contributed by atoms with van der Waals surface area (Å²) < 4.78 is 5.92. The van der Waals surface area contributed by atoms with E-state index >= 15 is 0 Å². The zero-order valence-electron chi connectivity index (χ0n) is 11.5. The maximum atomic E-state index is 12.3. The van der Waals surface area contributed by atoms with Crippen molar-refractivity contribution < 1.29 is 9.53 Å². The molecule has 110 valence electrons. The first kappa shape index (κ1) is 15.3. The Kier molecular flexibility index (Phi) is 4.82. The Morgan fingerprint density at radius 1 is 1.33 bits per heavy atom. The average molecular weight is 350 g/mol. The molecular weight excluding hydrogens is 334 g/mol. The fourth-order valence-electron chi connectivity index (χ4n) is 1.95. The molecule has 2 aromatic carbocycles. The van der Waals surface area contributed by atoms with Gasteiger partial charge in [-0.1, -0.05) is 22.0 Å². The average Bonchev–Trinajstić information content (AvgIpc) is 2.47. The molecule has 0 saturated heterocycles. The number of methoxy groups -OCH3 is 1. The topological polar surface area (TPSA) is 90.4 Å². The minimum absolute atomic E-state index is 0.289. The predicted molar refractivity (Wildman–Crippen MR) is 87.4 cm³/mol. The molecular formula is C15H16BrN3O2. The summed E-state index contributed by atoms with van der Waals surface area (Å²) in [5.74, 6) is 0.317. The highest BCUT2D eigenvalue weighted by Crippen LogP contribution is 2.26. The maximum Gasteiger partial charge on any atom is 0.257 e. The van der Waals surface area contributed by atoms with Gasteiger partial charge in [0.25, 0.3) is 5.91 Å². The number of nitrogens with one attached hydrogen (secondary N) is 1. The van der Waals surface area contributed by atoms with Gasteiger partial charge in [0.1, 0.15) is 5.75 Å². The normalized spacial score (nSPS) is 10.2. The van der Waals surface area contributed by atoms with Crippen molar-refractivity contribution in [1.82, 2.24) is 0 Å². The van der Waals surface area contributed by atoms with E-state index in [9.17, 15) is 4.79 Å². The number of hydrogen-bond acceptors (Lipinski definition) is 4. The zero-order chi connectivity index (χ0) is 15.4.